The molecule has 156 valence electrons. The number of para-hydroxylation sites is 1. The second kappa shape index (κ2) is 9.04. The Hall–Kier alpha value is -3.26. The van der Waals surface area contributed by atoms with E-state index in [0.717, 1.165) is 41.8 Å². The van der Waals surface area contributed by atoms with Crippen molar-refractivity contribution in [3.05, 3.63) is 53.6 Å². The molecule has 4 rings (SSSR count). The van der Waals surface area contributed by atoms with Crippen molar-refractivity contribution in [2.45, 2.75) is 39.3 Å². The van der Waals surface area contributed by atoms with E-state index in [1.54, 1.807) is 10.7 Å². The zero-order valence-electron chi connectivity index (χ0n) is 17.1. The average Bonchev–Trinajstić information content (AvgIpc) is 3.17. The number of likely N-dealkylation sites (tertiary alicyclic amines) is 1. The summed E-state index contributed by atoms with van der Waals surface area (Å²) >= 11 is 0. The third-order valence-electron chi connectivity index (χ3n) is 5.40. The topological polar surface area (TPSA) is 95.6 Å². The molecule has 2 N–H and O–H groups in total. The lowest BCUT2D eigenvalue weighted by molar-refractivity contribution is -0.121. The quantitative estimate of drug-likeness (QED) is 0.485. The van der Waals surface area contributed by atoms with E-state index in [1.807, 2.05) is 43.3 Å². The molecule has 0 unspecified atom stereocenters. The minimum Gasteiger partial charge on any atom is -0.508 e. The average molecular weight is 406 g/mol. The molecule has 0 atom stereocenters. The Morgan fingerprint density at radius 3 is 2.80 bits per heavy atom. The molecule has 1 aromatic heterocycles. The van der Waals surface area contributed by atoms with Gasteiger partial charge in [-0.3, -0.25) is 9.69 Å². The lowest BCUT2D eigenvalue weighted by atomic mass is 10.0. The summed E-state index contributed by atoms with van der Waals surface area (Å²) in [5.41, 5.74) is 6.55. The lowest BCUT2D eigenvalue weighted by Gasteiger charge is -2.26. The van der Waals surface area contributed by atoms with Crippen molar-refractivity contribution in [3.8, 4) is 5.75 Å². The Morgan fingerprint density at radius 1 is 1.17 bits per heavy atom. The normalized spacial score (nSPS) is 15.4. The third kappa shape index (κ3) is 4.65. The number of fused-ring (bicyclic) bond motifs is 1. The largest absolute Gasteiger partial charge is 0.508 e. The van der Waals surface area contributed by atoms with Gasteiger partial charge in [-0.25, -0.2) is 10.1 Å². The number of benzene rings is 2. The van der Waals surface area contributed by atoms with Crippen LogP contribution >= 0.6 is 0 Å². The first-order valence-corrected chi connectivity index (χ1v) is 10.3. The molecular formula is C22H26N6O2. The van der Waals surface area contributed by atoms with Crippen LogP contribution in [0.3, 0.4) is 0 Å². The number of nitrogens with one attached hydrogen (secondary N) is 1. The number of phenols is 1. The summed E-state index contributed by atoms with van der Waals surface area (Å²) in [7, 11) is 0. The molecule has 1 saturated heterocycles. The Kier molecular flexibility index (Phi) is 6.04. The highest BCUT2D eigenvalue weighted by atomic mass is 16.3. The van der Waals surface area contributed by atoms with Gasteiger partial charge in [-0.15, -0.1) is 5.10 Å². The summed E-state index contributed by atoms with van der Waals surface area (Å²) in [4.78, 5) is 14.7. The Balaban J connectivity index is 1.41. The summed E-state index contributed by atoms with van der Waals surface area (Å²) < 4.78 is 1.55. The smallest absolute Gasteiger partial charge is 0.261 e. The fourth-order valence-corrected chi connectivity index (χ4v) is 3.71. The van der Waals surface area contributed by atoms with E-state index in [4.69, 9.17) is 0 Å². The molecular weight excluding hydrogens is 380 g/mol. The molecule has 0 radical (unpaired) electrons. The minimum absolute atomic E-state index is 0.0348. The molecule has 2 heterocycles. The monoisotopic (exact) mass is 406 g/mol. The van der Waals surface area contributed by atoms with E-state index in [2.05, 4.69) is 25.7 Å². The number of aromatic hydroxyl groups is 1. The van der Waals surface area contributed by atoms with Gasteiger partial charge in [0, 0.05) is 12.1 Å². The van der Waals surface area contributed by atoms with E-state index < -0.39 is 0 Å². The highest BCUT2D eigenvalue weighted by Gasteiger charge is 2.14. The summed E-state index contributed by atoms with van der Waals surface area (Å²) in [6.07, 6.45) is 3.68. The van der Waals surface area contributed by atoms with Crippen molar-refractivity contribution >= 4 is 22.7 Å². The Bertz CT molecular complexity index is 1070. The second-order valence-corrected chi connectivity index (χ2v) is 7.65. The molecule has 8 heteroatoms. The molecule has 8 nitrogen and oxygen atoms in total. The zero-order valence-corrected chi connectivity index (χ0v) is 17.1. The molecule has 1 aliphatic heterocycles. The number of nitrogens with zero attached hydrogens (tertiary/aromatic N) is 5. The van der Waals surface area contributed by atoms with Crippen LogP contribution in [0.5, 0.6) is 5.75 Å². The molecule has 0 aliphatic carbocycles. The Labute approximate surface area is 175 Å². The first-order chi connectivity index (χ1) is 14.6. The number of carbonyl (C=O) groups excluding carboxylic acids is 1. The van der Waals surface area contributed by atoms with Gasteiger partial charge in [0.2, 0.25) is 0 Å². The van der Waals surface area contributed by atoms with Crippen LogP contribution in [-0.4, -0.2) is 49.7 Å². The number of phenolic OH excluding ortho intramolecular Hbond substituents is 1. The van der Waals surface area contributed by atoms with Crippen LogP contribution in [-0.2, 0) is 17.9 Å². The molecule has 0 spiro atoms. The summed E-state index contributed by atoms with van der Waals surface area (Å²) in [5, 5.41) is 22.5. The van der Waals surface area contributed by atoms with Gasteiger partial charge < -0.3 is 5.11 Å². The maximum Gasteiger partial charge on any atom is 0.261 e. The fourth-order valence-electron chi connectivity index (χ4n) is 3.71. The summed E-state index contributed by atoms with van der Waals surface area (Å²) in [6.45, 7) is 4.71. The molecule has 0 bridgehead atoms. The summed E-state index contributed by atoms with van der Waals surface area (Å²) in [6, 6.07) is 12.9. The number of aromatic nitrogens is 3. The fraction of sp³-hybridized carbons (Fsp3) is 0.364. The van der Waals surface area contributed by atoms with Gasteiger partial charge >= 0.3 is 0 Å². The van der Waals surface area contributed by atoms with E-state index >= 15 is 0 Å². The minimum atomic E-state index is -0.280. The molecule has 1 fully saturated rings. The lowest BCUT2D eigenvalue weighted by Crippen LogP contribution is -2.29. The number of amides is 1. The predicted octanol–water partition coefficient (Wildman–Crippen LogP) is 2.66. The van der Waals surface area contributed by atoms with Crippen LogP contribution in [0.4, 0.5) is 0 Å². The number of hydrogen-bond acceptors (Lipinski definition) is 6. The van der Waals surface area contributed by atoms with Crippen molar-refractivity contribution in [1.82, 2.24) is 25.3 Å². The number of rotatable bonds is 6. The van der Waals surface area contributed by atoms with Gasteiger partial charge in [-0.05, 0) is 68.8 Å². The number of piperidine rings is 1. The summed E-state index contributed by atoms with van der Waals surface area (Å²) in [5.74, 6) is 0.0107. The predicted molar refractivity (Wildman–Crippen MR) is 115 cm³/mol. The van der Waals surface area contributed by atoms with Gasteiger partial charge in [0.05, 0.1) is 11.2 Å². The standard InChI is InChI=1S/C22H26N6O2/c1-16(17-9-10-21(29)18(13-17)14-27-11-5-2-6-12-27)23-25-22(30)15-28-20-8-4-3-7-19(20)24-26-28/h3-4,7-10,13,29H,2,5-6,11-12,14-15H2,1H3,(H,25,30)/b23-16+. The first-order valence-electron chi connectivity index (χ1n) is 10.3. The van der Waals surface area contributed by atoms with E-state index in [-0.39, 0.29) is 12.5 Å². The highest BCUT2D eigenvalue weighted by molar-refractivity contribution is 5.99. The van der Waals surface area contributed by atoms with Crippen LogP contribution in [0, 0.1) is 0 Å². The van der Waals surface area contributed by atoms with Gasteiger partial charge in [0.1, 0.15) is 17.8 Å². The highest BCUT2D eigenvalue weighted by Crippen LogP contribution is 2.22. The van der Waals surface area contributed by atoms with Crippen molar-refractivity contribution in [1.29, 1.82) is 0 Å². The van der Waals surface area contributed by atoms with Gasteiger partial charge in [-0.1, -0.05) is 23.8 Å². The van der Waals surface area contributed by atoms with Crippen LogP contribution in [0.25, 0.3) is 11.0 Å². The van der Waals surface area contributed by atoms with Crippen LogP contribution in [0.2, 0.25) is 0 Å². The van der Waals surface area contributed by atoms with Gasteiger partial charge in [-0.2, -0.15) is 5.10 Å². The number of hydrogen-bond donors (Lipinski definition) is 2. The van der Waals surface area contributed by atoms with Crippen LogP contribution < -0.4 is 5.43 Å². The van der Waals surface area contributed by atoms with Crippen molar-refractivity contribution < 1.29 is 9.90 Å². The molecule has 0 saturated carbocycles. The van der Waals surface area contributed by atoms with Crippen molar-refractivity contribution in [2.75, 3.05) is 13.1 Å². The maximum atomic E-state index is 12.3. The first kappa shape index (κ1) is 20.0. The Morgan fingerprint density at radius 2 is 1.97 bits per heavy atom. The molecule has 2 aromatic carbocycles. The van der Waals surface area contributed by atoms with E-state index in [0.29, 0.717) is 11.5 Å². The van der Waals surface area contributed by atoms with Crippen LogP contribution in [0.15, 0.2) is 47.6 Å². The van der Waals surface area contributed by atoms with Gasteiger partial charge in [0.15, 0.2) is 0 Å². The number of hydrazone groups is 1. The van der Waals surface area contributed by atoms with E-state index in [1.165, 1.54) is 19.3 Å². The number of carbonyl (C=O) groups is 1. The van der Waals surface area contributed by atoms with Crippen molar-refractivity contribution in [2.24, 2.45) is 5.10 Å². The second-order valence-electron chi connectivity index (χ2n) is 7.65. The molecule has 1 amide bonds. The molecule has 3 aromatic rings. The third-order valence-corrected chi connectivity index (χ3v) is 5.40. The van der Waals surface area contributed by atoms with Crippen LogP contribution in [0.1, 0.15) is 37.3 Å². The SMILES string of the molecule is C/C(=N\NC(=O)Cn1nnc2ccccc21)c1ccc(O)c(CN2CCCCC2)c1. The molecule has 30 heavy (non-hydrogen) atoms. The zero-order chi connectivity index (χ0) is 20.9. The van der Waals surface area contributed by atoms with Crippen molar-refractivity contribution in [3.63, 3.8) is 0 Å². The maximum absolute atomic E-state index is 12.3. The van der Waals surface area contributed by atoms with E-state index in [9.17, 15) is 9.90 Å². The molecule has 1 aliphatic rings. The van der Waals surface area contributed by atoms with Gasteiger partial charge in [0.25, 0.3) is 5.91 Å².